The van der Waals surface area contributed by atoms with Crippen molar-refractivity contribution in [1.29, 1.82) is 0 Å². The number of methoxy groups -OCH3 is 1. The molecule has 0 radical (unpaired) electrons. The summed E-state index contributed by atoms with van der Waals surface area (Å²) in [4.78, 5) is 11.5. The van der Waals surface area contributed by atoms with Gasteiger partial charge in [0, 0.05) is 15.8 Å². The van der Waals surface area contributed by atoms with Gasteiger partial charge < -0.3 is 16.2 Å². The van der Waals surface area contributed by atoms with Gasteiger partial charge in [0.05, 0.1) is 12.7 Å². The molecule has 27 heavy (non-hydrogen) atoms. The molecule has 0 bridgehead atoms. The Morgan fingerprint density at radius 3 is 2.07 bits per heavy atom. The highest BCUT2D eigenvalue weighted by Crippen LogP contribution is 2.29. The number of hydrogen-bond donors (Lipinski definition) is 2. The Morgan fingerprint density at radius 1 is 0.889 bits per heavy atom. The third-order valence-electron chi connectivity index (χ3n) is 4.02. The van der Waals surface area contributed by atoms with Crippen LogP contribution in [-0.4, -0.2) is 13.1 Å². The number of nitrogens with two attached hydrogens (primary N) is 2. The fourth-order valence-corrected chi connectivity index (χ4v) is 3.02. The van der Waals surface area contributed by atoms with Crippen molar-refractivity contribution in [2.24, 2.45) is 0 Å². The topological polar surface area (TPSA) is 78.3 Å². The highest BCUT2D eigenvalue weighted by atomic mass is 79.9. The van der Waals surface area contributed by atoms with Crippen LogP contribution in [-0.2, 0) is 4.74 Å². The number of aryl methyl sites for hydroxylation is 2. The molecule has 0 spiro atoms. The Hall–Kier alpha value is -2.79. The highest BCUT2D eigenvalue weighted by molar-refractivity contribution is 9.10. The summed E-state index contributed by atoms with van der Waals surface area (Å²) in [6.07, 6.45) is 0. The molecule has 3 aromatic rings. The second kappa shape index (κ2) is 9.24. The maximum atomic E-state index is 11.5. The van der Waals surface area contributed by atoms with E-state index in [4.69, 9.17) is 16.2 Å². The molecule has 0 saturated heterocycles. The summed E-state index contributed by atoms with van der Waals surface area (Å²) in [7, 11) is 1.37. The molecular formula is C22H23BrN2O2. The molecule has 140 valence electrons. The number of carbonyl (C=O) groups is 1. The standard InChI is InChI=1S/C15H14BrNO2.C7H9N/c1-9-3-5-11(17)8-13(9)10-4-6-12(14(16)7-10)15(18)19-2;1-6-2-4-7(8)5-3-6/h3-8H,17H2,1-2H3;2-5H,8H2,1H3. The van der Waals surface area contributed by atoms with Crippen LogP contribution >= 0.6 is 15.9 Å². The third-order valence-corrected chi connectivity index (χ3v) is 4.68. The van der Waals surface area contributed by atoms with Crippen LogP contribution in [0.1, 0.15) is 21.5 Å². The van der Waals surface area contributed by atoms with E-state index in [1.165, 1.54) is 12.7 Å². The number of carbonyl (C=O) groups excluding carboxylic acids is 1. The fraction of sp³-hybridized carbons (Fsp3) is 0.136. The first-order chi connectivity index (χ1) is 12.8. The van der Waals surface area contributed by atoms with E-state index in [0.717, 1.165) is 22.4 Å². The lowest BCUT2D eigenvalue weighted by Gasteiger charge is -2.09. The first kappa shape index (κ1) is 20.5. The lowest BCUT2D eigenvalue weighted by atomic mass is 9.99. The molecule has 0 amide bonds. The van der Waals surface area contributed by atoms with E-state index in [-0.39, 0.29) is 5.97 Å². The Labute approximate surface area is 168 Å². The highest BCUT2D eigenvalue weighted by Gasteiger charge is 2.12. The van der Waals surface area contributed by atoms with Gasteiger partial charge in [-0.15, -0.1) is 0 Å². The molecule has 0 aliphatic carbocycles. The Bertz CT molecular complexity index is 917. The van der Waals surface area contributed by atoms with E-state index in [1.54, 1.807) is 6.07 Å². The predicted molar refractivity (Wildman–Crippen MR) is 116 cm³/mol. The van der Waals surface area contributed by atoms with Gasteiger partial charge >= 0.3 is 5.97 Å². The molecule has 0 atom stereocenters. The molecule has 0 aliphatic heterocycles. The zero-order chi connectivity index (χ0) is 20.0. The van der Waals surface area contributed by atoms with E-state index >= 15 is 0 Å². The van der Waals surface area contributed by atoms with Crippen molar-refractivity contribution < 1.29 is 9.53 Å². The largest absolute Gasteiger partial charge is 0.465 e. The van der Waals surface area contributed by atoms with Crippen molar-refractivity contribution in [2.45, 2.75) is 13.8 Å². The second-order valence-electron chi connectivity index (χ2n) is 6.17. The molecular weight excluding hydrogens is 404 g/mol. The summed E-state index contributed by atoms with van der Waals surface area (Å²) >= 11 is 3.40. The van der Waals surface area contributed by atoms with Crippen LogP contribution in [0.2, 0.25) is 0 Å². The van der Waals surface area contributed by atoms with Crippen molar-refractivity contribution in [3.8, 4) is 11.1 Å². The molecule has 3 rings (SSSR count). The third kappa shape index (κ3) is 5.59. The Kier molecular flexibility index (Phi) is 7.02. The molecule has 0 unspecified atom stereocenters. The number of benzene rings is 3. The SMILES string of the molecule is COC(=O)c1ccc(-c2cc(N)ccc2C)cc1Br.Cc1ccc(N)cc1. The van der Waals surface area contributed by atoms with Crippen LogP contribution in [0.15, 0.2) is 65.1 Å². The van der Waals surface area contributed by atoms with E-state index in [1.807, 2.05) is 68.4 Å². The minimum absolute atomic E-state index is 0.359. The van der Waals surface area contributed by atoms with E-state index in [9.17, 15) is 4.79 Å². The zero-order valence-corrected chi connectivity index (χ0v) is 17.2. The lowest BCUT2D eigenvalue weighted by Crippen LogP contribution is -2.02. The maximum Gasteiger partial charge on any atom is 0.339 e. The number of halogens is 1. The molecule has 0 saturated carbocycles. The minimum atomic E-state index is -0.359. The van der Waals surface area contributed by atoms with Crippen LogP contribution in [0.4, 0.5) is 11.4 Å². The van der Waals surface area contributed by atoms with Gasteiger partial charge in [-0.3, -0.25) is 0 Å². The molecule has 0 aliphatic rings. The van der Waals surface area contributed by atoms with Crippen LogP contribution in [0.5, 0.6) is 0 Å². The monoisotopic (exact) mass is 426 g/mol. The van der Waals surface area contributed by atoms with Crippen molar-refractivity contribution >= 4 is 33.3 Å². The summed E-state index contributed by atoms with van der Waals surface area (Å²) < 4.78 is 5.42. The maximum absolute atomic E-state index is 11.5. The van der Waals surface area contributed by atoms with Crippen LogP contribution in [0.3, 0.4) is 0 Å². The summed E-state index contributed by atoms with van der Waals surface area (Å²) in [5.41, 5.74) is 17.7. The minimum Gasteiger partial charge on any atom is -0.465 e. The van der Waals surface area contributed by atoms with Gasteiger partial charge in [-0.1, -0.05) is 29.8 Å². The molecule has 0 aromatic heterocycles. The van der Waals surface area contributed by atoms with Crippen molar-refractivity contribution in [2.75, 3.05) is 18.6 Å². The van der Waals surface area contributed by atoms with Gasteiger partial charge in [0.2, 0.25) is 0 Å². The molecule has 3 aromatic carbocycles. The van der Waals surface area contributed by atoms with Crippen LogP contribution in [0, 0.1) is 13.8 Å². The molecule has 5 heteroatoms. The molecule has 0 fully saturated rings. The summed E-state index contributed by atoms with van der Waals surface area (Å²) in [5.74, 6) is -0.359. The normalized spacial score (nSPS) is 9.93. The number of rotatable bonds is 2. The van der Waals surface area contributed by atoms with Crippen molar-refractivity contribution in [3.63, 3.8) is 0 Å². The first-order valence-electron chi connectivity index (χ1n) is 8.38. The number of ether oxygens (including phenoxy) is 1. The van der Waals surface area contributed by atoms with Gasteiger partial charge in [-0.05, 0) is 82.9 Å². The van der Waals surface area contributed by atoms with Gasteiger partial charge in [0.15, 0.2) is 0 Å². The van der Waals surface area contributed by atoms with Crippen molar-refractivity contribution in [3.05, 3.63) is 81.8 Å². The second-order valence-corrected chi connectivity index (χ2v) is 7.03. The fourth-order valence-electron chi connectivity index (χ4n) is 2.48. The predicted octanol–water partition coefficient (Wildman–Crippen LogP) is 5.37. The van der Waals surface area contributed by atoms with Gasteiger partial charge in [-0.2, -0.15) is 0 Å². The average molecular weight is 427 g/mol. The Balaban J connectivity index is 0.000000273. The van der Waals surface area contributed by atoms with Crippen molar-refractivity contribution in [1.82, 2.24) is 0 Å². The lowest BCUT2D eigenvalue weighted by molar-refractivity contribution is 0.0599. The molecule has 0 heterocycles. The number of anilines is 2. The van der Waals surface area contributed by atoms with E-state index < -0.39 is 0 Å². The van der Waals surface area contributed by atoms with Crippen LogP contribution in [0.25, 0.3) is 11.1 Å². The summed E-state index contributed by atoms with van der Waals surface area (Å²) in [5, 5.41) is 0. The van der Waals surface area contributed by atoms with Gasteiger partial charge in [0.25, 0.3) is 0 Å². The molecule has 4 nitrogen and oxygen atoms in total. The Morgan fingerprint density at radius 2 is 1.52 bits per heavy atom. The number of hydrogen-bond acceptors (Lipinski definition) is 4. The zero-order valence-electron chi connectivity index (χ0n) is 15.6. The number of nitrogen functional groups attached to an aromatic ring is 2. The summed E-state index contributed by atoms with van der Waals surface area (Å²) in [6, 6.07) is 19.1. The summed E-state index contributed by atoms with van der Waals surface area (Å²) in [6.45, 7) is 4.07. The van der Waals surface area contributed by atoms with E-state index in [0.29, 0.717) is 15.7 Å². The number of esters is 1. The average Bonchev–Trinajstić information content (AvgIpc) is 2.66. The van der Waals surface area contributed by atoms with E-state index in [2.05, 4.69) is 15.9 Å². The molecule has 4 N–H and O–H groups in total. The smallest absolute Gasteiger partial charge is 0.339 e. The van der Waals surface area contributed by atoms with Gasteiger partial charge in [-0.25, -0.2) is 4.79 Å². The van der Waals surface area contributed by atoms with Crippen LogP contribution < -0.4 is 11.5 Å². The first-order valence-corrected chi connectivity index (χ1v) is 9.17. The van der Waals surface area contributed by atoms with Gasteiger partial charge in [0.1, 0.15) is 0 Å². The quantitative estimate of drug-likeness (QED) is 0.426.